The van der Waals surface area contributed by atoms with Gasteiger partial charge in [0.05, 0.1) is 17.3 Å². The van der Waals surface area contributed by atoms with Crippen LogP contribution in [0.25, 0.3) is 0 Å². The van der Waals surface area contributed by atoms with Gasteiger partial charge in [-0.25, -0.2) is 4.79 Å². The Kier molecular flexibility index (Phi) is 6.96. The molecule has 0 aliphatic carbocycles. The zero-order valence-corrected chi connectivity index (χ0v) is 20.4. The van der Waals surface area contributed by atoms with Crippen molar-refractivity contribution in [2.24, 2.45) is 5.41 Å². The number of hydrogen-bond acceptors (Lipinski definition) is 3. The van der Waals surface area contributed by atoms with E-state index in [1.807, 2.05) is 47.1 Å². The maximum Gasteiger partial charge on any atom is 0.321 e. The number of carbonyl (C=O) groups is 2. The van der Waals surface area contributed by atoms with Gasteiger partial charge >= 0.3 is 6.03 Å². The van der Waals surface area contributed by atoms with Gasteiger partial charge in [-0.05, 0) is 74.1 Å². The molecule has 170 valence electrons. The molecule has 4 rings (SSSR count). The van der Waals surface area contributed by atoms with Gasteiger partial charge in [0.15, 0.2) is 0 Å². The van der Waals surface area contributed by atoms with E-state index in [2.05, 4.69) is 21.2 Å². The fourth-order valence-corrected chi connectivity index (χ4v) is 5.25. The average Bonchev–Trinajstić information content (AvgIpc) is 3.20. The van der Waals surface area contributed by atoms with Crippen molar-refractivity contribution in [2.75, 3.05) is 38.1 Å². The third-order valence-corrected chi connectivity index (χ3v) is 7.23. The Bertz CT molecular complexity index is 990. The first-order valence-corrected chi connectivity index (χ1v) is 12.1. The highest BCUT2D eigenvalue weighted by Crippen LogP contribution is 2.41. The fraction of sp³-hybridized carbons (Fsp3) is 0.417. The van der Waals surface area contributed by atoms with Crippen LogP contribution in [0.3, 0.4) is 0 Å². The second kappa shape index (κ2) is 9.71. The summed E-state index contributed by atoms with van der Waals surface area (Å²) in [5, 5.41) is 3.43. The summed E-state index contributed by atoms with van der Waals surface area (Å²) < 4.78 is 6.32. The molecule has 2 saturated heterocycles. The molecular formula is C24H27BrClN3O3. The molecule has 2 aromatic rings. The second-order valence-electron chi connectivity index (χ2n) is 8.48. The number of hydrogen-bond donors (Lipinski definition) is 1. The number of rotatable bonds is 4. The lowest BCUT2D eigenvalue weighted by Crippen LogP contribution is -2.45. The molecule has 0 bridgehead atoms. The van der Waals surface area contributed by atoms with Crippen molar-refractivity contribution in [1.82, 2.24) is 9.80 Å². The number of likely N-dealkylation sites (tertiary alicyclic amines) is 2. The summed E-state index contributed by atoms with van der Waals surface area (Å²) >= 11 is 9.61. The van der Waals surface area contributed by atoms with Crippen LogP contribution in [0.1, 0.15) is 36.5 Å². The summed E-state index contributed by atoms with van der Waals surface area (Å²) in [4.78, 5) is 29.5. The van der Waals surface area contributed by atoms with Crippen molar-refractivity contribution >= 4 is 45.2 Å². The van der Waals surface area contributed by atoms with E-state index in [4.69, 9.17) is 16.3 Å². The molecule has 0 aromatic heterocycles. The van der Waals surface area contributed by atoms with Gasteiger partial charge < -0.3 is 19.9 Å². The number of nitrogens with zero attached hydrogens (tertiary/aromatic N) is 2. The minimum Gasteiger partial charge on any atom is -0.494 e. The number of amides is 3. The van der Waals surface area contributed by atoms with Gasteiger partial charge in [-0.2, -0.15) is 0 Å². The first kappa shape index (κ1) is 22.9. The molecule has 8 heteroatoms. The predicted octanol–water partition coefficient (Wildman–Crippen LogP) is 5.66. The quantitative estimate of drug-likeness (QED) is 0.566. The van der Waals surface area contributed by atoms with Crippen LogP contribution >= 0.6 is 27.5 Å². The molecule has 0 atom stereocenters. The van der Waals surface area contributed by atoms with Gasteiger partial charge in [-0.3, -0.25) is 4.79 Å². The minimum atomic E-state index is -0.126. The normalized spacial score (nSPS) is 17.5. The van der Waals surface area contributed by atoms with Crippen molar-refractivity contribution in [3.8, 4) is 5.75 Å². The summed E-state index contributed by atoms with van der Waals surface area (Å²) in [6.45, 7) is 5.38. The van der Waals surface area contributed by atoms with Crippen molar-refractivity contribution in [2.45, 2.75) is 26.2 Å². The molecule has 0 saturated carbocycles. The molecule has 32 heavy (non-hydrogen) atoms. The van der Waals surface area contributed by atoms with E-state index in [1.165, 1.54) is 0 Å². The number of benzene rings is 2. The number of anilines is 1. The number of carbonyl (C=O) groups excluding carboxylic acids is 2. The predicted molar refractivity (Wildman–Crippen MR) is 130 cm³/mol. The fourth-order valence-electron chi connectivity index (χ4n) is 4.53. The topological polar surface area (TPSA) is 61.9 Å². The SMILES string of the molecule is CCOc1ccc(C(=O)N2CCC3(CCN(C(=O)Nc4ccc(Br)cc4Cl)C3)CC2)cc1. The van der Waals surface area contributed by atoms with E-state index in [0.717, 1.165) is 29.5 Å². The zero-order chi connectivity index (χ0) is 22.7. The number of nitrogens with one attached hydrogen (secondary N) is 1. The van der Waals surface area contributed by atoms with Gasteiger partial charge in [0.2, 0.25) is 0 Å². The molecule has 1 N–H and O–H groups in total. The summed E-state index contributed by atoms with van der Waals surface area (Å²) in [6, 6.07) is 12.6. The van der Waals surface area contributed by atoms with E-state index < -0.39 is 0 Å². The van der Waals surface area contributed by atoms with E-state index in [1.54, 1.807) is 12.1 Å². The van der Waals surface area contributed by atoms with Crippen LogP contribution in [-0.2, 0) is 0 Å². The van der Waals surface area contributed by atoms with Gasteiger partial charge in [-0.1, -0.05) is 27.5 Å². The first-order valence-electron chi connectivity index (χ1n) is 10.9. The molecule has 2 heterocycles. The van der Waals surface area contributed by atoms with Crippen molar-refractivity contribution in [3.05, 3.63) is 57.5 Å². The Hall–Kier alpha value is -2.25. The lowest BCUT2D eigenvalue weighted by atomic mass is 9.77. The lowest BCUT2D eigenvalue weighted by molar-refractivity contribution is 0.0595. The van der Waals surface area contributed by atoms with Crippen LogP contribution in [0.4, 0.5) is 10.5 Å². The standard InChI is InChI=1S/C24H27BrClN3O3/c1-2-32-19-6-3-17(4-7-19)22(30)28-12-9-24(10-13-28)11-14-29(16-24)23(31)27-21-8-5-18(25)15-20(21)26/h3-8,15H,2,9-14,16H2,1H3,(H,27,31). The van der Waals surface area contributed by atoms with Gasteiger partial charge in [0.25, 0.3) is 5.91 Å². The maximum absolute atomic E-state index is 12.9. The third kappa shape index (κ3) is 5.04. The molecule has 2 aromatic carbocycles. The Labute approximate surface area is 202 Å². The smallest absolute Gasteiger partial charge is 0.321 e. The lowest BCUT2D eigenvalue weighted by Gasteiger charge is -2.39. The Morgan fingerprint density at radius 3 is 2.34 bits per heavy atom. The number of halogens is 2. The molecule has 2 aliphatic heterocycles. The number of ether oxygens (including phenoxy) is 1. The van der Waals surface area contributed by atoms with Crippen LogP contribution in [0.5, 0.6) is 5.75 Å². The number of piperidine rings is 1. The second-order valence-corrected chi connectivity index (χ2v) is 9.80. The highest BCUT2D eigenvalue weighted by molar-refractivity contribution is 9.10. The molecule has 2 aliphatic rings. The van der Waals surface area contributed by atoms with Crippen molar-refractivity contribution < 1.29 is 14.3 Å². The van der Waals surface area contributed by atoms with Crippen LogP contribution < -0.4 is 10.1 Å². The van der Waals surface area contributed by atoms with Gasteiger partial charge in [0.1, 0.15) is 5.75 Å². The zero-order valence-electron chi connectivity index (χ0n) is 18.1. The van der Waals surface area contributed by atoms with Crippen LogP contribution in [-0.4, -0.2) is 54.5 Å². The minimum absolute atomic E-state index is 0.0559. The molecule has 2 fully saturated rings. The van der Waals surface area contributed by atoms with Crippen molar-refractivity contribution in [1.29, 1.82) is 0 Å². The largest absolute Gasteiger partial charge is 0.494 e. The van der Waals surface area contributed by atoms with Gasteiger partial charge in [0, 0.05) is 36.2 Å². The molecular weight excluding hydrogens is 494 g/mol. The Balaban J connectivity index is 1.31. The van der Waals surface area contributed by atoms with Crippen LogP contribution in [0, 0.1) is 5.41 Å². The summed E-state index contributed by atoms with van der Waals surface area (Å²) in [5.41, 5.74) is 1.37. The molecule has 0 unspecified atom stereocenters. The molecule has 3 amide bonds. The summed E-state index contributed by atoms with van der Waals surface area (Å²) in [7, 11) is 0. The third-order valence-electron chi connectivity index (χ3n) is 6.42. The summed E-state index contributed by atoms with van der Waals surface area (Å²) in [6.07, 6.45) is 2.76. The van der Waals surface area contributed by atoms with Crippen LogP contribution in [0.2, 0.25) is 5.02 Å². The monoisotopic (exact) mass is 519 g/mol. The van der Waals surface area contributed by atoms with Crippen molar-refractivity contribution in [3.63, 3.8) is 0 Å². The Morgan fingerprint density at radius 1 is 1.06 bits per heavy atom. The van der Waals surface area contributed by atoms with Crippen LogP contribution in [0.15, 0.2) is 46.9 Å². The first-order chi connectivity index (χ1) is 15.4. The van der Waals surface area contributed by atoms with E-state index in [9.17, 15) is 9.59 Å². The molecule has 1 spiro atoms. The highest BCUT2D eigenvalue weighted by Gasteiger charge is 2.42. The van der Waals surface area contributed by atoms with Gasteiger partial charge in [-0.15, -0.1) is 0 Å². The van der Waals surface area contributed by atoms with E-state index in [0.29, 0.717) is 49.1 Å². The van der Waals surface area contributed by atoms with E-state index in [-0.39, 0.29) is 17.4 Å². The summed E-state index contributed by atoms with van der Waals surface area (Å²) in [5.74, 6) is 0.829. The highest BCUT2D eigenvalue weighted by atomic mass is 79.9. The Morgan fingerprint density at radius 2 is 1.72 bits per heavy atom. The number of urea groups is 1. The van der Waals surface area contributed by atoms with E-state index >= 15 is 0 Å². The molecule has 0 radical (unpaired) electrons. The molecule has 6 nitrogen and oxygen atoms in total. The average molecular weight is 521 g/mol. The maximum atomic E-state index is 12.9.